The largest absolute Gasteiger partial charge is 0.393 e. The molecule has 0 aliphatic heterocycles. The van der Waals surface area contributed by atoms with Crippen molar-refractivity contribution in [1.82, 2.24) is 5.32 Å². The molecule has 2 fully saturated rings. The van der Waals surface area contributed by atoms with Gasteiger partial charge in [-0.3, -0.25) is 4.79 Å². The van der Waals surface area contributed by atoms with Gasteiger partial charge in [0.2, 0.25) is 11.8 Å². The summed E-state index contributed by atoms with van der Waals surface area (Å²) < 4.78 is 26.1. The molecule has 0 aromatic rings. The van der Waals surface area contributed by atoms with Crippen LogP contribution >= 0.6 is 0 Å². The molecular weight excluding hydrogens is 276 g/mol. The molecule has 0 aromatic carbocycles. The van der Waals surface area contributed by atoms with Crippen LogP contribution in [0.25, 0.3) is 0 Å². The second-order valence-corrected chi connectivity index (χ2v) is 6.68. The summed E-state index contributed by atoms with van der Waals surface area (Å²) in [5.74, 6) is -2.53. The van der Waals surface area contributed by atoms with Crippen molar-refractivity contribution in [3.63, 3.8) is 0 Å². The van der Waals surface area contributed by atoms with Gasteiger partial charge in [-0.2, -0.15) is 0 Å². The summed E-state index contributed by atoms with van der Waals surface area (Å²) in [6.07, 6.45) is 6.13. The minimum absolute atomic E-state index is 0.0744. The van der Waals surface area contributed by atoms with Crippen LogP contribution in [0, 0.1) is 11.8 Å². The molecule has 2 aliphatic rings. The monoisotopic (exact) mass is 303 g/mol. The quantitative estimate of drug-likeness (QED) is 0.766. The molecule has 2 atom stereocenters. The van der Waals surface area contributed by atoms with Crippen LogP contribution < -0.4 is 5.32 Å². The van der Waals surface area contributed by atoms with Crippen molar-refractivity contribution in [3.8, 4) is 0 Å². The van der Waals surface area contributed by atoms with E-state index in [1.54, 1.807) is 0 Å². The lowest BCUT2D eigenvalue weighted by Crippen LogP contribution is -2.36. The average molecular weight is 303 g/mol. The zero-order chi connectivity index (χ0) is 15.3. The fourth-order valence-corrected chi connectivity index (χ4v) is 3.55. The molecule has 2 aliphatic carbocycles. The van der Waals surface area contributed by atoms with Crippen LogP contribution in [0.3, 0.4) is 0 Å². The summed E-state index contributed by atoms with van der Waals surface area (Å²) in [4.78, 5) is 11.9. The van der Waals surface area contributed by atoms with Gasteiger partial charge in [-0.05, 0) is 44.4 Å². The number of carbonyl (C=O) groups is 1. The summed E-state index contributed by atoms with van der Waals surface area (Å²) in [7, 11) is 0. The van der Waals surface area contributed by atoms with Crippen LogP contribution in [0.4, 0.5) is 8.78 Å². The lowest BCUT2D eigenvalue weighted by atomic mass is 9.83. The number of aliphatic hydroxyl groups excluding tert-OH is 1. The minimum atomic E-state index is -2.58. The predicted molar refractivity (Wildman–Crippen MR) is 77.1 cm³/mol. The van der Waals surface area contributed by atoms with E-state index < -0.39 is 5.92 Å². The number of halogens is 2. The molecule has 2 saturated carbocycles. The average Bonchev–Trinajstić information content (AvgIpc) is 2.45. The van der Waals surface area contributed by atoms with Gasteiger partial charge >= 0.3 is 0 Å². The summed E-state index contributed by atoms with van der Waals surface area (Å²) in [5.41, 5.74) is 0. The molecule has 3 nitrogen and oxygen atoms in total. The van der Waals surface area contributed by atoms with Crippen LogP contribution in [0.5, 0.6) is 0 Å². The lowest BCUT2D eigenvalue weighted by molar-refractivity contribution is -0.129. The van der Waals surface area contributed by atoms with Gasteiger partial charge in [0.05, 0.1) is 6.10 Å². The summed E-state index contributed by atoms with van der Waals surface area (Å²) in [5, 5.41) is 12.7. The Morgan fingerprint density at radius 1 is 1.14 bits per heavy atom. The van der Waals surface area contributed by atoms with Crippen molar-refractivity contribution in [3.05, 3.63) is 0 Å². The Morgan fingerprint density at radius 2 is 1.81 bits per heavy atom. The SMILES string of the molecule is O=C(NCCCC1CCCCC1O)C1CCC(F)(F)CC1. The van der Waals surface area contributed by atoms with Crippen LogP contribution in [0.2, 0.25) is 0 Å². The maximum absolute atomic E-state index is 13.0. The molecule has 2 rings (SSSR count). The van der Waals surface area contributed by atoms with E-state index >= 15 is 0 Å². The second-order valence-electron chi connectivity index (χ2n) is 6.68. The minimum Gasteiger partial charge on any atom is -0.393 e. The van der Waals surface area contributed by atoms with Gasteiger partial charge in [-0.25, -0.2) is 8.78 Å². The van der Waals surface area contributed by atoms with Gasteiger partial charge in [0.25, 0.3) is 0 Å². The Hall–Kier alpha value is -0.710. The third kappa shape index (κ3) is 5.20. The molecule has 0 bridgehead atoms. The molecule has 0 spiro atoms. The van der Waals surface area contributed by atoms with Crippen molar-refractivity contribution in [2.24, 2.45) is 11.8 Å². The zero-order valence-corrected chi connectivity index (χ0v) is 12.6. The van der Waals surface area contributed by atoms with Gasteiger partial charge in [0, 0.05) is 25.3 Å². The number of hydrogen-bond acceptors (Lipinski definition) is 2. The molecule has 2 N–H and O–H groups in total. The van der Waals surface area contributed by atoms with Gasteiger partial charge in [-0.1, -0.05) is 12.8 Å². The maximum atomic E-state index is 13.0. The van der Waals surface area contributed by atoms with Crippen LogP contribution in [0.15, 0.2) is 0 Å². The zero-order valence-electron chi connectivity index (χ0n) is 12.6. The number of nitrogens with one attached hydrogen (secondary N) is 1. The highest BCUT2D eigenvalue weighted by Crippen LogP contribution is 2.36. The first-order valence-corrected chi connectivity index (χ1v) is 8.31. The number of hydrogen-bond donors (Lipinski definition) is 2. The highest BCUT2D eigenvalue weighted by atomic mass is 19.3. The van der Waals surface area contributed by atoms with Crippen molar-refractivity contribution in [1.29, 1.82) is 0 Å². The van der Waals surface area contributed by atoms with E-state index in [-0.39, 0.29) is 30.8 Å². The van der Waals surface area contributed by atoms with Gasteiger partial charge in [0.1, 0.15) is 0 Å². The van der Waals surface area contributed by atoms with E-state index in [1.165, 1.54) is 6.42 Å². The van der Waals surface area contributed by atoms with Gasteiger partial charge < -0.3 is 10.4 Å². The number of rotatable bonds is 5. The van der Waals surface area contributed by atoms with E-state index in [1.807, 2.05) is 0 Å². The third-order valence-corrected chi connectivity index (χ3v) is 5.01. The molecular formula is C16H27F2NO2. The Labute approximate surface area is 125 Å². The molecule has 0 radical (unpaired) electrons. The Morgan fingerprint density at radius 3 is 2.48 bits per heavy atom. The Balaban J connectivity index is 1.59. The summed E-state index contributed by atoms with van der Waals surface area (Å²) in [6, 6.07) is 0. The first-order valence-electron chi connectivity index (χ1n) is 8.31. The Kier molecular flexibility index (Phi) is 5.97. The molecule has 0 aromatic heterocycles. The third-order valence-electron chi connectivity index (χ3n) is 5.01. The van der Waals surface area contributed by atoms with Gasteiger partial charge in [-0.15, -0.1) is 0 Å². The maximum Gasteiger partial charge on any atom is 0.248 e. The van der Waals surface area contributed by atoms with E-state index in [2.05, 4.69) is 5.32 Å². The van der Waals surface area contributed by atoms with Crippen LogP contribution in [-0.2, 0) is 4.79 Å². The summed E-state index contributed by atoms with van der Waals surface area (Å²) >= 11 is 0. The van der Waals surface area contributed by atoms with Gasteiger partial charge in [0.15, 0.2) is 0 Å². The molecule has 122 valence electrons. The lowest BCUT2D eigenvalue weighted by Gasteiger charge is -2.28. The van der Waals surface area contributed by atoms with Crippen molar-refractivity contribution in [2.75, 3.05) is 6.54 Å². The predicted octanol–water partition coefficient (Wildman–Crippen LogP) is 3.26. The molecule has 5 heteroatoms. The normalized spacial score (nSPS) is 30.0. The molecule has 0 saturated heterocycles. The molecule has 21 heavy (non-hydrogen) atoms. The van der Waals surface area contributed by atoms with Crippen molar-refractivity contribution < 1.29 is 18.7 Å². The van der Waals surface area contributed by atoms with Crippen molar-refractivity contribution in [2.45, 2.75) is 76.2 Å². The first kappa shape index (κ1) is 16.7. The number of carbonyl (C=O) groups excluding carboxylic acids is 1. The molecule has 2 unspecified atom stereocenters. The van der Waals surface area contributed by atoms with E-state index in [0.29, 0.717) is 25.3 Å². The fraction of sp³-hybridized carbons (Fsp3) is 0.938. The number of amides is 1. The number of alkyl halides is 2. The molecule has 0 heterocycles. The smallest absolute Gasteiger partial charge is 0.248 e. The van der Waals surface area contributed by atoms with Crippen LogP contribution in [0.1, 0.15) is 64.2 Å². The van der Waals surface area contributed by atoms with Crippen molar-refractivity contribution >= 4 is 5.91 Å². The number of aliphatic hydroxyl groups is 1. The first-order chi connectivity index (χ1) is 9.98. The topological polar surface area (TPSA) is 49.3 Å². The highest BCUT2D eigenvalue weighted by molar-refractivity contribution is 5.78. The van der Waals surface area contributed by atoms with Crippen LogP contribution in [-0.4, -0.2) is 29.6 Å². The van der Waals surface area contributed by atoms with E-state index in [4.69, 9.17) is 0 Å². The van der Waals surface area contributed by atoms with E-state index in [9.17, 15) is 18.7 Å². The second kappa shape index (κ2) is 7.52. The highest BCUT2D eigenvalue weighted by Gasteiger charge is 2.37. The fourth-order valence-electron chi connectivity index (χ4n) is 3.55. The standard InChI is InChI=1S/C16H27F2NO2/c17-16(18)9-7-13(8-10-16)15(21)19-11-3-5-12-4-1-2-6-14(12)20/h12-14,20H,1-11H2,(H,19,21). The van der Waals surface area contributed by atoms with E-state index in [0.717, 1.165) is 32.1 Å². The summed E-state index contributed by atoms with van der Waals surface area (Å²) in [6.45, 7) is 0.592. The Bertz CT molecular complexity index is 339. The molecule has 1 amide bonds.